The van der Waals surface area contributed by atoms with Crippen LogP contribution in [0.5, 0.6) is 0 Å². The Hall–Kier alpha value is -1.69. The summed E-state index contributed by atoms with van der Waals surface area (Å²) in [4.78, 5) is 14.9. The molecule has 0 bridgehead atoms. The second-order valence-electron chi connectivity index (χ2n) is 3.27. The molecule has 0 fully saturated rings. The van der Waals surface area contributed by atoms with Crippen molar-refractivity contribution in [2.45, 2.75) is 6.92 Å². The maximum absolute atomic E-state index is 10.7. The Morgan fingerprint density at radius 2 is 2.25 bits per heavy atom. The number of aryl methyl sites for hydroxylation is 1. The molecule has 82 valence electrons. The van der Waals surface area contributed by atoms with Crippen LogP contribution in [0.4, 0.5) is 0 Å². The van der Waals surface area contributed by atoms with E-state index in [9.17, 15) is 4.79 Å². The van der Waals surface area contributed by atoms with Gasteiger partial charge in [0.25, 0.3) is 0 Å². The number of carbonyl (C=O) groups is 1. The lowest BCUT2D eigenvalue weighted by atomic mass is 10.3. The predicted octanol–water partition coefficient (Wildman–Crippen LogP) is 2.04. The van der Waals surface area contributed by atoms with Crippen molar-refractivity contribution in [3.8, 4) is 5.82 Å². The van der Waals surface area contributed by atoms with E-state index in [1.807, 2.05) is 13.0 Å². The molecule has 0 aromatic carbocycles. The largest absolute Gasteiger partial charge is 0.478 e. The van der Waals surface area contributed by atoms with Gasteiger partial charge in [0.05, 0.1) is 11.8 Å². The first-order valence-corrected chi connectivity index (χ1v) is 5.27. The van der Waals surface area contributed by atoms with Crippen LogP contribution < -0.4 is 0 Å². The summed E-state index contributed by atoms with van der Waals surface area (Å²) in [5.41, 5.74) is 1.05. The van der Waals surface area contributed by atoms with E-state index in [-0.39, 0.29) is 5.56 Å². The van der Waals surface area contributed by atoms with Crippen molar-refractivity contribution in [1.82, 2.24) is 14.8 Å². The van der Waals surface area contributed by atoms with Crippen LogP contribution in [0.1, 0.15) is 15.9 Å². The number of carboxylic acids is 1. The Balaban J connectivity index is 2.46. The monoisotopic (exact) mass is 281 g/mol. The minimum Gasteiger partial charge on any atom is -0.478 e. The zero-order valence-corrected chi connectivity index (χ0v) is 9.97. The summed E-state index contributed by atoms with van der Waals surface area (Å²) in [7, 11) is 0. The van der Waals surface area contributed by atoms with Crippen molar-refractivity contribution in [2.75, 3.05) is 0 Å². The van der Waals surface area contributed by atoms with Crippen LogP contribution in [0.3, 0.4) is 0 Å². The Labute approximate surface area is 99.9 Å². The topological polar surface area (TPSA) is 68.0 Å². The molecule has 0 aliphatic carbocycles. The van der Waals surface area contributed by atoms with Gasteiger partial charge in [0, 0.05) is 16.9 Å². The summed E-state index contributed by atoms with van der Waals surface area (Å²) in [6, 6.07) is 1.89. The number of carboxylic acid groups (broad SMARTS) is 1. The van der Waals surface area contributed by atoms with Crippen LogP contribution >= 0.6 is 15.9 Å². The Kier molecular flexibility index (Phi) is 2.74. The molecule has 0 atom stereocenters. The van der Waals surface area contributed by atoms with E-state index in [0.29, 0.717) is 5.82 Å². The third kappa shape index (κ3) is 1.96. The highest BCUT2D eigenvalue weighted by Crippen LogP contribution is 2.16. The first-order chi connectivity index (χ1) is 7.58. The molecule has 0 saturated heterocycles. The van der Waals surface area contributed by atoms with Gasteiger partial charge in [-0.2, -0.15) is 5.10 Å². The van der Waals surface area contributed by atoms with Crippen LogP contribution in [0.15, 0.2) is 29.1 Å². The Bertz CT molecular complexity index is 551. The molecule has 0 saturated carbocycles. The van der Waals surface area contributed by atoms with Gasteiger partial charge in [-0.15, -0.1) is 0 Å². The molecule has 2 aromatic heterocycles. The van der Waals surface area contributed by atoms with Gasteiger partial charge in [-0.05, 0) is 34.5 Å². The van der Waals surface area contributed by atoms with Crippen molar-refractivity contribution in [3.63, 3.8) is 0 Å². The van der Waals surface area contributed by atoms with Gasteiger partial charge in [-0.1, -0.05) is 0 Å². The number of rotatable bonds is 2. The van der Waals surface area contributed by atoms with E-state index >= 15 is 0 Å². The van der Waals surface area contributed by atoms with Gasteiger partial charge in [0.1, 0.15) is 0 Å². The van der Waals surface area contributed by atoms with Crippen molar-refractivity contribution in [1.29, 1.82) is 0 Å². The number of aromatic carboxylic acids is 1. The zero-order chi connectivity index (χ0) is 11.7. The van der Waals surface area contributed by atoms with E-state index < -0.39 is 5.97 Å². The molecular formula is C10H8BrN3O2. The maximum atomic E-state index is 10.7. The maximum Gasteiger partial charge on any atom is 0.338 e. The second kappa shape index (κ2) is 4.05. The molecule has 0 spiro atoms. The van der Waals surface area contributed by atoms with Crippen LogP contribution in [0.25, 0.3) is 5.82 Å². The molecule has 0 aliphatic heterocycles. The molecule has 5 nitrogen and oxygen atoms in total. The number of halogens is 1. The van der Waals surface area contributed by atoms with E-state index in [1.54, 1.807) is 6.20 Å². The molecule has 2 heterocycles. The van der Waals surface area contributed by atoms with Gasteiger partial charge >= 0.3 is 5.97 Å². The van der Waals surface area contributed by atoms with Crippen molar-refractivity contribution in [3.05, 3.63) is 40.3 Å². The molecule has 6 heteroatoms. The summed E-state index contributed by atoms with van der Waals surface area (Å²) in [6.45, 7) is 1.88. The van der Waals surface area contributed by atoms with Crippen LogP contribution in [0, 0.1) is 6.92 Å². The van der Waals surface area contributed by atoms with Crippen LogP contribution in [0.2, 0.25) is 0 Å². The lowest BCUT2D eigenvalue weighted by Crippen LogP contribution is -2.01. The summed E-state index contributed by atoms with van der Waals surface area (Å²) < 4.78 is 2.32. The van der Waals surface area contributed by atoms with Gasteiger partial charge in [0.15, 0.2) is 5.82 Å². The molecule has 0 radical (unpaired) electrons. The zero-order valence-electron chi connectivity index (χ0n) is 8.38. The molecule has 16 heavy (non-hydrogen) atoms. The first kappa shape index (κ1) is 10.8. The highest BCUT2D eigenvalue weighted by Gasteiger charge is 2.09. The van der Waals surface area contributed by atoms with E-state index in [2.05, 4.69) is 26.0 Å². The number of pyridine rings is 1. The molecule has 0 aliphatic rings. The molecule has 0 amide bonds. The normalized spacial score (nSPS) is 10.4. The lowest BCUT2D eigenvalue weighted by molar-refractivity contribution is 0.0697. The van der Waals surface area contributed by atoms with Crippen molar-refractivity contribution in [2.24, 2.45) is 0 Å². The average Bonchev–Trinajstić information content (AvgIpc) is 2.66. The Morgan fingerprint density at radius 3 is 2.81 bits per heavy atom. The fourth-order valence-corrected chi connectivity index (χ4v) is 1.77. The molecule has 2 aromatic rings. The standard InChI is InChI=1S/C10H8BrN3O2/c1-6-2-8(11)4-12-9(6)14-5-7(3-13-14)10(15)16/h2-5H,1H3,(H,15,16). The highest BCUT2D eigenvalue weighted by atomic mass is 79.9. The third-order valence-corrected chi connectivity index (χ3v) is 2.50. The van der Waals surface area contributed by atoms with E-state index in [1.165, 1.54) is 17.1 Å². The molecule has 1 N–H and O–H groups in total. The quantitative estimate of drug-likeness (QED) is 0.915. The van der Waals surface area contributed by atoms with Gasteiger partial charge in [-0.3, -0.25) is 0 Å². The average molecular weight is 282 g/mol. The fraction of sp³-hybridized carbons (Fsp3) is 0.100. The lowest BCUT2D eigenvalue weighted by Gasteiger charge is -2.04. The van der Waals surface area contributed by atoms with Crippen LogP contribution in [-0.4, -0.2) is 25.8 Å². The van der Waals surface area contributed by atoms with E-state index in [0.717, 1.165) is 10.0 Å². The third-order valence-electron chi connectivity index (χ3n) is 2.06. The summed E-state index contributed by atoms with van der Waals surface area (Å²) >= 11 is 3.31. The number of nitrogens with zero attached hydrogens (tertiary/aromatic N) is 3. The van der Waals surface area contributed by atoms with Crippen LogP contribution in [-0.2, 0) is 0 Å². The smallest absolute Gasteiger partial charge is 0.338 e. The number of aromatic nitrogens is 3. The predicted molar refractivity (Wildman–Crippen MR) is 60.8 cm³/mol. The van der Waals surface area contributed by atoms with Gasteiger partial charge in [0.2, 0.25) is 0 Å². The van der Waals surface area contributed by atoms with E-state index in [4.69, 9.17) is 5.11 Å². The summed E-state index contributed by atoms with van der Waals surface area (Å²) in [6.07, 6.45) is 4.38. The molecule has 0 unspecified atom stereocenters. The minimum atomic E-state index is -0.999. The first-order valence-electron chi connectivity index (χ1n) is 4.48. The van der Waals surface area contributed by atoms with Gasteiger partial charge in [-0.25, -0.2) is 14.5 Å². The number of hydrogen-bond acceptors (Lipinski definition) is 3. The van der Waals surface area contributed by atoms with Gasteiger partial charge < -0.3 is 5.11 Å². The SMILES string of the molecule is Cc1cc(Br)cnc1-n1cc(C(=O)O)cn1. The number of hydrogen-bond donors (Lipinski definition) is 1. The molecular weight excluding hydrogens is 274 g/mol. The van der Waals surface area contributed by atoms with Crippen molar-refractivity contribution < 1.29 is 9.90 Å². The minimum absolute atomic E-state index is 0.143. The second-order valence-corrected chi connectivity index (χ2v) is 4.19. The fourth-order valence-electron chi connectivity index (χ4n) is 1.32. The van der Waals surface area contributed by atoms with Crippen molar-refractivity contribution >= 4 is 21.9 Å². The summed E-state index contributed by atoms with van der Waals surface area (Å²) in [5.74, 6) is -0.378. The molecule has 2 rings (SSSR count). The Morgan fingerprint density at radius 1 is 1.50 bits per heavy atom. The summed E-state index contributed by atoms with van der Waals surface area (Å²) in [5, 5.41) is 12.7. The highest BCUT2D eigenvalue weighted by molar-refractivity contribution is 9.10.